The molecular formula is C19H21N3O2S. The lowest BCUT2D eigenvalue weighted by atomic mass is 10.2. The average molecular weight is 355 g/mol. The number of anilines is 2. The summed E-state index contributed by atoms with van der Waals surface area (Å²) >= 11 is 1.52. The van der Waals surface area contributed by atoms with Crippen LogP contribution in [0, 0.1) is 6.92 Å². The highest BCUT2D eigenvalue weighted by molar-refractivity contribution is 8.00. The molecule has 1 saturated carbocycles. The van der Waals surface area contributed by atoms with Crippen LogP contribution < -0.4 is 16.0 Å². The van der Waals surface area contributed by atoms with E-state index in [4.69, 9.17) is 0 Å². The molecule has 0 bridgehead atoms. The Kier molecular flexibility index (Phi) is 5.60. The van der Waals surface area contributed by atoms with Crippen molar-refractivity contribution in [2.75, 3.05) is 16.4 Å². The van der Waals surface area contributed by atoms with E-state index in [0.29, 0.717) is 23.2 Å². The van der Waals surface area contributed by atoms with E-state index in [2.05, 4.69) is 16.0 Å². The van der Waals surface area contributed by atoms with Crippen LogP contribution >= 0.6 is 11.8 Å². The molecule has 3 rings (SSSR count). The number of carbonyl (C=O) groups excluding carboxylic acids is 2. The number of benzene rings is 2. The minimum atomic E-state index is -0.186. The summed E-state index contributed by atoms with van der Waals surface area (Å²) in [4.78, 5) is 24.9. The number of urea groups is 1. The molecule has 0 aliphatic heterocycles. The van der Waals surface area contributed by atoms with E-state index in [0.717, 1.165) is 17.7 Å². The second kappa shape index (κ2) is 8.07. The molecule has 25 heavy (non-hydrogen) atoms. The molecule has 6 heteroatoms. The van der Waals surface area contributed by atoms with E-state index < -0.39 is 0 Å². The van der Waals surface area contributed by atoms with E-state index >= 15 is 0 Å². The van der Waals surface area contributed by atoms with Crippen molar-refractivity contribution in [2.24, 2.45) is 0 Å². The first-order valence-corrected chi connectivity index (χ1v) is 9.24. The fraction of sp³-hybridized carbons (Fsp3) is 0.263. The highest BCUT2D eigenvalue weighted by Crippen LogP contribution is 2.22. The van der Waals surface area contributed by atoms with Crippen LogP contribution in [0.25, 0.3) is 0 Å². The minimum absolute atomic E-state index is 0.0551. The summed E-state index contributed by atoms with van der Waals surface area (Å²) < 4.78 is 0. The molecule has 5 nitrogen and oxygen atoms in total. The monoisotopic (exact) mass is 355 g/mol. The maximum atomic E-state index is 12.1. The Morgan fingerprint density at radius 1 is 1.00 bits per heavy atom. The molecule has 1 aliphatic carbocycles. The third-order valence-electron chi connectivity index (χ3n) is 3.79. The predicted molar refractivity (Wildman–Crippen MR) is 102 cm³/mol. The molecule has 2 aromatic carbocycles. The van der Waals surface area contributed by atoms with E-state index in [1.807, 2.05) is 31.2 Å². The number of amides is 3. The van der Waals surface area contributed by atoms with Crippen LogP contribution in [0.15, 0.2) is 53.4 Å². The molecule has 0 radical (unpaired) electrons. The lowest BCUT2D eigenvalue weighted by Gasteiger charge is -2.09. The summed E-state index contributed by atoms with van der Waals surface area (Å²) in [6, 6.07) is 15.3. The van der Waals surface area contributed by atoms with Gasteiger partial charge in [0.1, 0.15) is 0 Å². The van der Waals surface area contributed by atoms with E-state index in [-0.39, 0.29) is 11.9 Å². The number of carbonyl (C=O) groups is 2. The van der Waals surface area contributed by atoms with Gasteiger partial charge in [-0.05, 0) is 55.7 Å². The quantitative estimate of drug-likeness (QED) is 0.686. The molecule has 2 aromatic rings. The highest BCUT2D eigenvalue weighted by atomic mass is 32.2. The summed E-state index contributed by atoms with van der Waals surface area (Å²) in [5.41, 5.74) is 2.58. The fourth-order valence-corrected chi connectivity index (χ4v) is 3.11. The Bertz CT molecular complexity index is 758. The van der Waals surface area contributed by atoms with Gasteiger partial charge in [0.2, 0.25) is 5.91 Å². The fourth-order valence-electron chi connectivity index (χ4n) is 2.28. The third-order valence-corrected chi connectivity index (χ3v) is 4.97. The topological polar surface area (TPSA) is 70.2 Å². The molecule has 3 amide bonds. The predicted octanol–water partition coefficient (Wildman–Crippen LogP) is 4.01. The van der Waals surface area contributed by atoms with Crippen LogP contribution in [-0.2, 0) is 4.79 Å². The van der Waals surface area contributed by atoms with Gasteiger partial charge in [0.25, 0.3) is 0 Å². The first kappa shape index (κ1) is 17.4. The average Bonchev–Trinajstić information content (AvgIpc) is 3.40. The first-order valence-electron chi connectivity index (χ1n) is 8.26. The number of aryl methyl sites for hydroxylation is 1. The number of hydrogen-bond acceptors (Lipinski definition) is 3. The van der Waals surface area contributed by atoms with Crippen LogP contribution in [0.3, 0.4) is 0 Å². The summed E-state index contributed by atoms with van der Waals surface area (Å²) in [5, 5.41) is 8.51. The zero-order valence-corrected chi connectivity index (χ0v) is 14.9. The summed E-state index contributed by atoms with van der Waals surface area (Å²) in [6.07, 6.45) is 2.11. The van der Waals surface area contributed by atoms with E-state index in [1.165, 1.54) is 17.3 Å². The Balaban J connectivity index is 1.46. The van der Waals surface area contributed by atoms with Gasteiger partial charge in [-0.25, -0.2) is 4.79 Å². The molecule has 0 aromatic heterocycles. The molecule has 1 fully saturated rings. The van der Waals surface area contributed by atoms with Gasteiger partial charge < -0.3 is 16.0 Å². The van der Waals surface area contributed by atoms with Crippen LogP contribution in [0.1, 0.15) is 18.4 Å². The first-order chi connectivity index (χ1) is 12.1. The van der Waals surface area contributed by atoms with Crippen molar-refractivity contribution < 1.29 is 9.59 Å². The number of rotatable bonds is 6. The second-order valence-corrected chi connectivity index (χ2v) is 7.07. The molecule has 0 unspecified atom stereocenters. The van der Waals surface area contributed by atoms with Crippen molar-refractivity contribution in [1.82, 2.24) is 5.32 Å². The summed E-state index contributed by atoms with van der Waals surface area (Å²) in [5.74, 6) is 0.301. The van der Waals surface area contributed by atoms with Gasteiger partial charge in [-0.15, -0.1) is 11.8 Å². The summed E-state index contributed by atoms with van der Waals surface area (Å²) in [6.45, 7) is 2.03. The maximum Gasteiger partial charge on any atom is 0.319 e. The van der Waals surface area contributed by atoms with Crippen molar-refractivity contribution in [3.8, 4) is 0 Å². The molecule has 0 spiro atoms. The largest absolute Gasteiger partial charge is 0.335 e. The highest BCUT2D eigenvalue weighted by Gasteiger charge is 2.23. The van der Waals surface area contributed by atoms with Gasteiger partial charge >= 0.3 is 6.03 Å². The van der Waals surface area contributed by atoms with Crippen molar-refractivity contribution in [1.29, 1.82) is 0 Å². The molecule has 3 N–H and O–H groups in total. The van der Waals surface area contributed by atoms with Crippen LogP contribution in [0.2, 0.25) is 0 Å². The lowest BCUT2D eigenvalue weighted by molar-refractivity contribution is -0.113. The van der Waals surface area contributed by atoms with E-state index in [1.54, 1.807) is 24.3 Å². The molecule has 0 heterocycles. The van der Waals surface area contributed by atoms with Gasteiger partial charge in [-0.1, -0.05) is 18.2 Å². The van der Waals surface area contributed by atoms with Gasteiger partial charge in [0.05, 0.1) is 5.75 Å². The van der Waals surface area contributed by atoms with Gasteiger partial charge in [0, 0.05) is 22.3 Å². The Hall–Kier alpha value is -2.47. The Morgan fingerprint density at radius 2 is 1.64 bits per heavy atom. The lowest BCUT2D eigenvalue weighted by Crippen LogP contribution is -2.30. The Labute approximate surface area is 151 Å². The maximum absolute atomic E-state index is 12.1. The van der Waals surface area contributed by atoms with Crippen LogP contribution in [0.4, 0.5) is 16.2 Å². The standard InChI is InChI=1S/C19H21N3O2S/c1-13-4-2-3-5-17(13)25-12-18(23)20-14-6-8-15(9-7-14)21-19(24)22-16-10-11-16/h2-9,16H,10-12H2,1H3,(H,20,23)(H2,21,22,24). The third kappa shape index (κ3) is 5.53. The minimum Gasteiger partial charge on any atom is -0.335 e. The molecular weight excluding hydrogens is 334 g/mol. The van der Waals surface area contributed by atoms with Crippen molar-refractivity contribution in [2.45, 2.75) is 30.7 Å². The molecule has 130 valence electrons. The van der Waals surface area contributed by atoms with Crippen molar-refractivity contribution in [3.05, 3.63) is 54.1 Å². The van der Waals surface area contributed by atoms with E-state index in [9.17, 15) is 9.59 Å². The van der Waals surface area contributed by atoms with Gasteiger partial charge in [-0.2, -0.15) is 0 Å². The molecule has 0 saturated heterocycles. The SMILES string of the molecule is Cc1ccccc1SCC(=O)Nc1ccc(NC(=O)NC2CC2)cc1. The zero-order valence-electron chi connectivity index (χ0n) is 14.0. The van der Waals surface area contributed by atoms with Gasteiger partial charge in [0.15, 0.2) is 0 Å². The van der Waals surface area contributed by atoms with Crippen LogP contribution in [-0.4, -0.2) is 23.7 Å². The number of hydrogen-bond donors (Lipinski definition) is 3. The second-order valence-electron chi connectivity index (χ2n) is 6.05. The molecule has 1 aliphatic rings. The van der Waals surface area contributed by atoms with Crippen molar-refractivity contribution in [3.63, 3.8) is 0 Å². The number of nitrogens with one attached hydrogen (secondary N) is 3. The normalized spacial score (nSPS) is 13.2. The number of thioether (sulfide) groups is 1. The zero-order chi connectivity index (χ0) is 17.6. The molecule has 0 atom stereocenters. The summed E-state index contributed by atoms with van der Waals surface area (Å²) in [7, 11) is 0. The van der Waals surface area contributed by atoms with Crippen LogP contribution in [0.5, 0.6) is 0 Å². The Morgan fingerprint density at radius 3 is 2.28 bits per heavy atom. The smallest absolute Gasteiger partial charge is 0.319 e. The van der Waals surface area contributed by atoms with Crippen molar-refractivity contribution >= 4 is 35.1 Å². The van der Waals surface area contributed by atoms with Gasteiger partial charge in [-0.3, -0.25) is 4.79 Å².